The summed E-state index contributed by atoms with van der Waals surface area (Å²) in [5.41, 5.74) is 5.62. The average Bonchev–Trinajstić information content (AvgIpc) is 2.68. The Kier molecular flexibility index (Phi) is 6.30. The van der Waals surface area contributed by atoms with Gasteiger partial charge in [-0.1, -0.05) is 42.5 Å². The van der Waals surface area contributed by atoms with Gasteiger partial charge in [-0.3, -0.25) is 0 Å². The number of anilines is 1. The molecule has 0 unspecified atom stereocenters. The number of allylic oxidation sites excluding steroid dienone is 3. The van der Waals surface area contributed by atoms with E-state index < -0.39 is 0 Å². The van der Waals surface area contributed by atoms with Crippen molar-refractivity contribution < 1.29 is 17.0 Å². The average molecular weight is 365 g/mol. The van der Waals surface area contributed by atoms with Gasteiger partial charge in [0.1, 0.15) is 6.54 Å². The fourth-order valence-electron chi connectivity index (χ4n) is 3.81. The summed E-state index contributed by atoms with van der Waals surface area (Å²) in [5.74, 6) is 0. The van der Waals surface area contributed by atoms with Gasteiger partial charge < -0.3 is 17.3 Å². The van der Waals surface area contributed by atoms with E-state index in [2.05, 4.69) is 88.6 Å². The lowest BCUT2D eigenvalue weighted by Gasteiger charge is -2.27. The number of hydrogen-bond donors (Lipinski definition) is 0. The van der Waals surface area contributed by atoms with Crippen molar-refractivity contribution in [1.29, 1.82) is 0 Å². The molecule has 26 heavy (non-hydrogen) atoms. The van der Waals surface area contributed by atoms with E-state index in [0.29, 0.717) is 0 Å². The van der Waals surface area contributed by atoms with E-state index in [0.717, 1.165) is 13.1 Å². The van der Waals surface area contributed by atoms with Crippen LogP contribution in [0.15, 0.2) is 73.0 Å². The summed E-state index contributed by atoms with van der Waals surface area (Å²) >= 11 is 0. The molecule has 0 aliphatic carbocycles. The van der Waals surface area contributed by atoms with E-state index >= 15 is 0 Å². The van der Waals surface area contributed by atoms with Crippen LogP contribution in [-0.4, -0.2) is 23.9 Å². The first kappa shape index (κ1) is 18.5. The van der Waals surface area contributed by atoms with E-state index in [1.54, 1.807) is 0 Å². The first-order chi connectivity index (χ1) is 12.4. The lowest BCUT2D eigenvalue weighted by atomic mass is 10.0. The quantitative estimate of drug-likeness (QED) is 0.595. The minimum Gasteiger partial charge on any atom is -1.00 e. The number of nitrogens with zero attached hydrogens (tertiary/aromatic N) is 2. The van der Waals surface area contributed by atoms with Gasteiger partial charge in [-0.05, 0) is 37.0 Å². The summed E-state index contributed by atoms with van der Waals surface area (Å²) < 4.78 is 2.36. The summed E-state index contributed by atoms with van der Waals surface area (Å²) in [7, 11) is 0. The second kappa shape index (κ2) is 8.86. The third kappa shape index (κ3) is 4.08. The van der Waals surface area contributed by atoms with Gasteiger partial charge in [0.25, 0.3) is 0 Å². The lowest BCUT2D eigenvalue weighted by molar-refractivity contribution is -0.440. The molecule has 134 valence electrons. The maximum absolute atomic E-state index is 2.36. The number of hydrogen-bond acceptors (Lipinski definition) is 1. The Balaban J connectivity index is 0.00000196. The van der Waals surface area contributed by atoms with Crippen molar-refractivity contribution >= 4 is 17.6 Å². The van der Waals surface area contributed by atoms with E-state index in [4.69, 9.17) is 0 Å². The highest BCUT2D eigenvalue weighted by Crippen LogP contribution is 2.27. The number of halogens is 1. The molecule has 0 atom stereocenters. The highest BCUT2D eigenvalue weighted by Gasteiger charge is 2.18. The van der Waals surface area contributed by atoms with Gasteiger partial charge in [0.15, 0.2) is 6.21 Å². The summed E-state index contributed by atoms with van der Waals surface area (Å²) in [6.45, 7) is 2.20. The maximum Gasteiger partial charge on any atom is 0.208 e. The van der Waals surface area contributed by atoms with Crippen molar-refractivity contribution in [3.63, 3.8) is 0 Å². The van der Waals surface area contributed by atoms with Crippen molar-refractivity contribution in [2.24, 2.45) is 0 Å². The standard InChI is InChI=1S/C23H25N2.ClH/c1(6-16-24-18-8-12-20-10-2-4-14-22(20)24)7-17-25-19-9-13-21-11-3-5-15-23(21)25;/h1-7,10-11,14-17H,8-9,12-13,18-19H2;1H/q+1;/p-1. The van der Waals surface area contributed by atoms with Gasteiger partial charge in [-0.15, -0.1) is 0 Å². The molecule has 0 N–H and O–H groups in total. The molecule has 0 amide bonds. The Morgan fingerprint density at radius 2 is 1.58 bits per heavy atom. The predicted molar refractivity (Wildman–Crippen MR) is 106 cm³/mol. The summed E-state index contributed by atoms with van der Waals surface area (Å²) in [6, 6.07) is 17.5. The van der Waals surface area contributed by atoms with Crippen LogP contribution in [0, 0.1) is 0 Å². The molecule has 0 radical (unpaired) electrons. The van der Waals surface area contributed by atoms with E-state index in [-0.39, 0.29) is 12.4 Å². The molecule has 3 heteroatoms. The van der Waals surface area contributed by atoms with Crippen molar-refractivity contribution in [3.05, 3.63) is 84.1 Å². The van der Waals surface area contributed by atoms with Crippen molar-refractivity contribution in [3.8, 4) is 0 Å². The Hall–Kier alpha value is -2.32. The molecule has 0 saturated carbocycles. The third-order valence-corrected chi connectivity index (χ3v) is 5.05. The van der Waals surface area contributed by atoms with E-state index in [9.17, 15) is 0 Å². The van der Waals surface area contributed by atoms with Gasteiger partial charge in [0.2, 0.25) is 5.69 Å². The third-order valence-electron chi connectivity index (χ3n) is 5.05. The monoisotopic (exact) mass is 364 g/mol. The molecular formula is C23H25ClN2. The molecule has 4 rings (SSSR count). The summed E-state index contributed by atoms with van der Waals surface area (Å²) in [5, 5.41) is 0. The summed E-state index contributed by atoms with van der Waals surface area (Å²) in [4.78, 5) is 2.36. The number of para-hydroxylation sites is 2. The van der Waals surface area contributed by atoms with Crippen LogP contribution >= 0.6 is 0 Å². The van der Waals surface area contributed by atoms with Gasteiger partial charge >= 0.3 is 0 Å². The number of rotatable bonds is 3. The van der Waals surface area contributed by atoms with Gasteiger partial charge in [-0.2, -0.15) is 4.58 Å². The van der Waals surface area contributed by atoms with E-state index in [1.807, 2.05) is 0 Å². The highest BCUT2D eigenvalue weighted by atomic mass is 35.5. The SMILES string of the molecule is C(/C=C/C=C/N1CCCc2ccccc21)=[N+]1CCCc2ccccc21.[Cl-]. The second-order valence-corrected chi connectivity index (χ2v) is 6.73. The first-order valence-corrected chi connectivity index (χ1v) is 9.29. The fourth-order valence-corrected chi connectivity index (χ4v) is 3.81. The lowest BCUT2D eigenvalue weighted by Crippen LogP contribution is -3.00. The highest BCUT2D eigenvalue weighted by molar-refractivity contribution is 5.69. The number of fused-ring (bicyclic) bond motifs is 2. The molecule has 2 aromatic rings. The predicted octanol–water partition coefficient (Wildman–Crippen LogP) is 1.87. The van der Waals surface area contributed by atoms with Gasteiger partial charge in [0.05, 0.1) is 0 Å². The number of aryl methyl sites for hydroxylation is 2. The molecule has 2 heterocycles. The van der Waals surface area contributed by atoms with Crippen LogP contribution in [0.1, 0.15) is 24.0 Å². The Bertz CT molecular complexity index is 836. The molecule has 0 aromatic heterocycles. The Morgan fingerprint density at radius 3 is 2.50 bits per heavy atom. The van der Waals surface area contributed by atoms with Crippen LogP contribution in [0.25, 0.3) is 0 Å². The first-order valence-electron chi connectivity index (χ1n) is 9.29. The van der Waals surface area contributed by atoms with Crippen LogP contribution in [0.4, 0.5) is 11.4 Å². The molecular weight excluding hydrogens is 340 g/mol. The molecule has 0 spiro atoms. The summed E-state index contributed by atoms with van der Waals surface area (Å²) in [6.07, 6.45) is 15.7. The second-order valence-electron chi connectivity index (χ2n) is 6.73. The van der Waals surface area contributed by atoms with Crippen LogP contribution in [0.5, 0.6) is 0 Å². The van der Waals surface area contributed by atoms with Crippen LogP contribution in [0.3, 0.4) is 0 Å². The number of benzene rings is 2. The fraction of sp³-hybridized carbons (Fsp3) is 0.261. The van der Waals surface area contributed by atoms with Crippen LogP contribution in [-0.2, 0) is 12.8 Å². The molecule has 2 nitrogen and oxygen atoms in total. The molecule has 0 bridgehead atoms. The van der Waals surface area contributed by atoms with Crippen LogP contribution < -0.4 is 17.3 Å². The van der Waals surface area contributed by atoms with Crippen molar-refractivity contribution in [2.45, 2.75) is 25.7 Å². The van der Waals surface area contributed by atoms with E-state index in [1.165, 1.54) is 48.2 Å². The molecule has 2 aliphatic heterocycles. The minimum absolute atomic E-state index is 0. The maximum atomic E-state index is 2.36. The topological polar surface area (TPSA) is 6.25 Å². The van der Waals surface area contributed by atoms with Crippen molar-refractivity contribution in [1.82, 2.24) is 0 Å². The van der Waals surface area contributed by atoms with Gasteiger partial charge in [-0.25, -0.2) is 0 Å². The zero-order valence-electron chi connectivity index (χ0n) is 15.0. The van der Waals surface area contributed by atoms with Crippen molar-refractivity contribution in [2.75, 3.05) is 18.0 Å². The molecule has 0 fully saturated rings. The zero-order valence-corrected chi connectivity index (χ0v) is 15.8. The normalized spacial score (nSPS) is 18.0. The van der Waals surface area contributed by atoms with Crippen LogP contribution in [0.2, 0.25) is 0 Å². The minimum atomic E-state index is 0. The zero-order chi connectivity index (χ0) is 16.9. The van der Waals surface area contributed by atoms with Gasteiger partial charge in [0, 0.05) is 42.6 Å². The Morgan fingerprint density at radius 1 is 0.808 bits per heavy atom. The molecule has 2 aliphatic rings. The molecule has 2 aromatic carbocycles. The Labute approximate surface area is 162 Å². The largest absolute Gasteiger partial charge is 1.00 e. The smallest absolute Gasteiger partial charge is 0.208 e. The molecule has 0 saturated heterocycles.